The zero-order valence-corrected chi connectivity index (χ0v) is 23.5. The predicted octanol–water partition coefficient (Wildman–Crippen LogP) is 2.70. The number of carbonyl (C=O) groups is 1. The maximum Gasteiger partial charge on any atom is 0.275 e. The van der Waals surface area contributed by atoms with Crippen LogP contribution in [0.15, 0.2) is 41.2 Å². The zero-order valence-electron chi connectivity index (χ0n) is 23.5. The molecule has 1 N–H and O–H groups in total. The summed E-state index contributed by atoms with van der Waals surface area (Å²) in [4.78, 5) is 38.6. The van der Waals surface area contributed by atoms with Gasteiger partial charge in [-0.05, 0) is 25.0 Å². The summed E-state index contributed by atoms with van der Waals surface area (Å²) >= 11 is 0. The molecule has 1 amide bonds. The van der Waals surface area contributed by atoms with Crippen LogP contribution in [0.3, 0.4) is 0 Å². The van der Waals surface area contributed by atoms with E-state index in [-0.39, 0.29) is 35.7 Å². The highest BCUT2D eigenvalue weighted by Crippen LogP contribution is 2.26. The first-order valence-corrected chi connectivity index (χ1v) is 14.3. The molecular weight excluding hydrogens is 560 g/mol. The smallest absolute Gasteiger partial charge is 0.275 e. The highest BCUT2D eigenvalue weighted by molar-refractivity contribution is 5.85. The lowest BCUT2D eigenvalue weighted by molar-refractivity contribution is -0.134. The Balaban J connectivity index is 1.23. The first-order valence-electron chi connectivity index (χ1n) is 14.3. The quantitative estimate of drug-likeness (QED) is 0.331. The number of alkyl halides is 2. The number of rotatable bonds is 8. The number of aromatic nitrogens is 4. The van der Waals surface area contributed by atoms with Gasteiger partial charge < -0.3 is 19.4 Å². The van der Waals surface area contributed by atoms with Crippen molar-refractivity contribution >= 4 is 27.7 Å². The standard InChI is InChI=1S/C30H31F2N7O4/c31-27(32)18-43-26-14-25-24(13-19(26)16-33)34-28(35-25)15-23-21-3-1-2-4-22(21)30(41)39(36-23)17-29(40)38-7-5-20(6-8-38)37-9-11-42-12-10-37/h1-4,13-14,20,27H,5-12,15,17-18H2,(H,34,35). The number of halogens is 2. The Bertz CT molecular complexity index is 1730. The molecule has 0 unspecified atom stereocenters. The average Bonchev–Trinajstić information content (AvgIpc) is 3.43. The van der Waals surface area contributed by atoms with Gasteiger partial charge >= 0.3 is 0 Å². The van der Waals surface area contributed by atoms with Crippen molar-refractivity contribution in [1.82, 2.24) is 29.5 Å². The van der Waals surface area contributed by atoms with Crippen molar-refractivity contribution in [3.05, 3.63) is 63.8 Å². The van der Waals surface area contributed by atoms with E-state index in [0.29, 0.717) is 52.5 Å². The summed E-state index contributed by atoms with van der Waals surface area (Å²) in [5, 5.41) is 15.2. The van der Waals surface area contributed by atoms with Crippen LogP contribution in [-0.2, 0) is 22.5 Å². The van der Waals surface area contributed by atoms with E-state index in [1.807, 2.05) is 12.1 Å². The maximum absolute atomic E-state index is 13.4. The van der Waals surface area contributed by atoms with Crippen LogP contribution in [0.25, 0.3) is 21.8 Å². The largest absolute Gasteiger partial charge is 0.486 e. The van der Waals surface area contributed by atoms with Crippen LogP contribution in [0, 0.1) is 11.3 Å². The number of piperidine rings is 1. The lowest BCUT2D eigenvalue weighted by Gasteiger charge is -2.40. The molecule has 0 radical (unpaired) electrons. The minimum Gasteiger partial charge on any atom is -0.486 e. The van der Waals surface area contributed by atoms with Gasteiger partial charge in [-0.25, -0.2) is 18.4 Å². The number of nitrogens with zero attached hydrogens (tertiary/aromatic N) is 6. The Labute approximate surface area is 245 Å². The lowest BCUT2D eigenvalue weighted by atomic mass is 10.0. The molecule has 224 valence electrons. The van der Waals surface area contributed by atoms with E-state index in [1.54, 1.807) is 23.1 Å². The van der Waals surface area contributed by atoms with Crippen LogP contribution < -0.4 is 10.3 Å². The first kappa shape index (κ1) is 28.7. The molecule has 2 saturated heterocycles. The fourth-order valence-corrected chi connectivity index (χ4v) is 5.89. The van der Waals surface area contributed by atoms with Gasteiger partial charge in [-0.3, -0.25) is 14.5 Å². The summed E-state index contributed by atoms with van der Waals surface area (Å²) in [6.45, 7) is 3.56. The Morgan fingerprint density at radius 3 is 2.60 bits per heavy atom. The van der Waals surface area contributed by atoms with Crippen molar-refractivity contribution in [2.75, 3.05) is 46.0 Å². The van der Waals surface area contributed by atoms with Gasteiger partial charge in [0.05, 0.1) is 47.3 Å². The number of carbonyl (C=O) groups excluding carboxylic acids is 1. The molecule has 0 saturated carbocycles. The third kappa shape index (κ3) is 6.21. The number of morpholine rings is 1. The zero-order chi connectivity index (χ0) is 29.9. The molecule has 4 heterocycles. The second-order valence-electron chi connectivity index (χ2n) is 10.8. The molecule has 2 aliphatic heterocycles. The summed E-state index contributed by atoms with van der Waals surface area (Å²) in [6.07, 6.45) is -0.721. The molecule has 11 nitrogen and oxygen atoms in total. The van der Waals surface area contributed by atoms with Crippen LogP contribution in [0.2, 0.25) is 0 Å². The molecule has 2 fully saturated rings. The Morgan fingerprint density at radius 1 is 1.14 bits per heavy atom. The maximum atomic E-state index is 13.4. The Kier molecular flexibility index (Phi) is 8.31. The van der Waals surface area contributed by atoms with Crippen molar-refractivity contribution in [2.24, 2.45) is 0 Å². The number of likely N-dealkylation sites (tertiary alicyclic amines) is 1. The molecule has 0 spiro atoms. The Morgan fingerprint density at radius 2 is 1.88 bits per heavy atom. The number of H-pyrrole nitrogens is 1. The van der Waals surface area contributed by atoms with Gasteiger partial charge in [-0.1, -0.05) is 18.2 Å². The summed E-state index contributed by atoms with van der Waals surface area (Å²) < 4.78 is 37.2. The van der Waals surface area contributed by atoms with E-state index >= 15 is 0 Å². The fraction of sp³-hybridized carbons (Fsp3) is 0.433. The van der Waals surface area contributed by atoms with Crippen LogP contribution in [-0.4, -0.2) is 93.9 Å². The van der Waals surface area contributed by atoms with Gasteiger partial charge in [0.2, 0.25) is 5.91 Å². The van der Waals surface area contributed by atoms with Gasteiger partial charge in [0.25, 0.3) is 12.0 Å². The molecule has 0 atom stereocenters. The van der Waals surface area contributed by atoms with E-state index in [4.69, 9.17) is 9.47 Å². The first-order chi connectivity index (χ1) is 20.9. The topological polar surface area (TPSA) is 129 Å². The summed E-state index contributed by atoms with van der Waals surface area (Å²) in [7, 11) is 0. The molecule has 4 aromatic rings. The predicted molar refractivity (Wildman–Crippen MR) is 153 cm³/mol. The van der Waals surface area contributed by atoms with Gasteiger partial charge in [0, 0.05) is 43.7 Å². The van der Waals surface area contributed by atoms with E-state index in [9.17, 15) is 23.6 Å². The number of fused-ring (bicyclic) bond motifs is 2. The van der Waals surface area contributed by atoms with E-state index < -0.39 is 13.0 Å². The number of aromatic amines is 1. The molecule has 2 aromatic heterocycles. The van der Waals surface area contributed by atoms with Gasteiger partial charge in [-0.15, -0.1) is 0 Å². The number of ether oxygens (including phenoxy) is 2. The van der Waals surface area contributed by atoms with Crippen molar-refractivity contribution in [1.29, 1.82) is 5.26 Å². The Hall–Kier alpha value is -4.41. The van der Waals surface area contributed by atoms with Crippen molar-refractivity contribution in [3.63, 3.8) is 0 Å². The molecule has 43 heavy (non-hydrogen) atoms. The monoisotopic (exact) mass is 591 g/mol. The highest BCUT2D eigenvalue weighted by atomic mass is 19.3. The summed E-state index contributed by atoms with van der Waals surface area (Å²) in [5.74, 6) is 0.364. The number of amides is 1. The third-order valence-electron chi connectivity index (χ3n) is 8.06. The summed E-state index contributed by atoms with van der Waals surface area (Å²) in [5.41, 5.74) is 1.27. The van der Waals surface area contributed by atoms with Gasteiger partial charge in [0.1, 0.15) is 30.8 Å². The minimum atomic E-state index is -2.68. The van der Waals surface area contributed by atoms with Gasteiger partial charge in [-0.2, -0.15) is 10.4 Å². The van der Waals surface area contributed by atoms with Crippen LogP contribution in [0.1, 0.15) is 29.9 Å². The second-order valence-corrected chi connectivity index (χ2v) is 10.8. The second kappa shape index (κ2) is 12.4. The van der Waals surface area contributed by atoms with E-state index in [1.165, 1.54) is 16.8 Å². The number of nitriles is 1. The van der Waals surface area contributed by atoms with E-state index in [0.717, 1.165) is 39.1 Å². The molecule has 13 heteroatoms. The van der Waals surface area contributed by atoms with Gasteiger partial charge in [0.15, 0.2) is 0 Å². The van der Waals surface area contributed by atoms with Crippen molar-refractivity contribution in [3.8, 4) is 11.8 Å². The van der Waals surface area contributed by atoms with Crippen LogP contribution >= 0.6 is 0 Å². The molecular formula is C30H31F2N7O4. The van der Waals surface area contributed by atoms with Crippen LogP contribution in [0.5, 0.6) is 5.75 Å². The normalized spacial score (nSPS) is 16.7. The third-order valence-corrected chi connectivity index (χ3v) is 8.06. The number of nitrogens with one attached hydrogen (secondary N) is 1. The lowest BCUT2D eigenvalue weighted by Crippen LogP contribution is -2.50. The molecule has 2 aliphatic rings. The number of hydrogen-bond donors (Lipinski definition) is 1. The molecule has 0 bridgehead atoms. The molecule has 2 aromatic carbocycles. The molecule has 6 rings (SSSR count). The van der Waals surface area contributed by atoms with E-state index in [2.05, 4.69) is 20.0 Å². The van der Waals surface area contributed by atoms with Crippen molar-refractivity contribution < 1.29 is 23.0 Å². The minimum absolute atomic E-state index is 0.0259. The SMILES string of the molecule is N#Cc1cc2[nH]c(Cc3nn(CC(=O)N4CCC(N5CCOCC5)CC4)c(=O)c4ccccc34)nc2cc1OCC(F)F. The summed E-state index contributed by atoms with van der Waals surface area (Å²) in [6, 6.07) is 12.4. The fourth-order valence-electron chi connectivity index (χ4n) is 5.89. The van der Waals surface area contributed by atoms with Crippen LogP contribution in [0.4, 0.5) is 8.78 Å². The highest BCUT2D eigenvalue weighted by Gasteiger charge is 2.28. The number of benzene rings is 2. The van der Waals surface area contributed by atoms with Crippen molar-refractivity contribution in [2.45, 2.75) is 38.3 Å². The average molecular weight is 592 g/mol. The number of hydrogen-bond acceptors (Lipinski definition) is 8. The number of imidazole rings is 1. The molecule has 0 aliphatic carbocycles.